The first-order valence-corrected chi connectivity index (χ1v) is 19.7. The van der Waals surface area contributed by atoms with Gasteiger partial charge in [0.15, 0.2) is 17.3 Å². The Labute approximate surface area is 315 Å². The van der Waals surface area contributed by atoms with Crippen molar-refractivity contribution in [2.45, 2.75) is 63.7 Å². The first kappa shape index (κ1) is 36.5. The molecule has 2 aliphatic heterocycles. The van der Waals surface area contributed by atoms with Crippen molar-refractivity contribution in [1.82, 2.24) is 10.2 Å². The molecule has 0 saturated carbocycles. The van der Waals surface area contributed by atoms with Gasteiger partial charge in [0.2, 0.25) is 0 Å². The predicted octanol–water partition coefficient (Wildman–Crippen LogP) is 6.39. The SMILES string of the molecule is O=C(NCCC[C@H]1CCCCOCC1)C1=CCC2c3cc4c(cc3Cc3c(NCCCN5CCOCC5)c(F)cc(c32)C1=O)C(=O)c1ccccc1C4=O. The van der Waals surface area contributed by atoms with E-state index in [1.807, 2.05) is 0 Å². The third kappa shape index (κ3) is 7.19. The van der Waals surface area contributed by atoms with Gasteiger partial charge in [0.25, 0.3) is 5.91 Å². The van der Waals surface area contributed by atoms with Gasteiger partial charge in [-0.3, -0.25) is 24.1 Å². The number of carbonyl (C=O) groups is 4. The number of hydrogen-bond acceptors (Lipinski definition) is 8. The first-order chi connectivity index (χ1) is 26.4. The average Bonchev–Trinajstić information content (AvgIpc) is 3.32. The molecule has 0 aromatic heterocycles. The number of carbonyl (C=O) groups excluding carboxylic acids is 4. The summed E-state index contributed by atoms with van der Waals surface area (Å²) in [5.41, 5.74) is 4.93. The number of amides is 1. The molecule has 0 spiro atoms. The molecule has 0 bridgehead atoms. The molecule has 10 heteroatoms. The topological polar surface area (TPSA) is 114 Å². The molecule has 1 unspecified atom stereocenters. The van der Waals surface area contributed by atoms with Crippen LogP contribution in [0.15, 0.2) is 54.1 Å². The highest BCUT2D eigenvalue weighted by atomic mass is 19.1. The van der Waals surface area contributed by atoms with Gasteiger partial charge in [-0.25, -0.2) is 4.39 Å². The van der Waals surface area contributed by atoms with E-state index in [9.17, 15) is 19.2 Å². The summed E-state index contributed by atoms with van der Waals surface area (Å²) in [6, 6.07) is 11.7. The first-order valence-electron chi connectivity index (χ1n) is 19.7. The molecular weight excluding hydrogens is 685 g/mol. The van der Waals surface area contributed by atoms with Crippen LogP contribution in [0.3, 0.4) is 0 Å². The zero-order valence-corrected chi connectivity index (χ0v) is 30.8. The fraction of sp³-hybridized carbons (Fsp3) is 0.455. The van der Waals surface area contributed by atoms with Gasteiger partial charge in [0.05, 0.1) is 24.5 Å². The van der Waals surface area contributed by atoms with Gasteiger partial charge in [-0.05, 0) is 91.4 Å². The monoisotopic (exact) mass is 733 g/mol. The highest BCUT2D eigenvalue weighted by Gasteiger charge is 2.39. The van der Waals surface area contributed by atoms with E-state index >= 15 is 4.39 Å². The van der Waals surface area contributed by atoms with Crippen molar-refractivity contribution in [2.24, 2.45) is 5.92 Å². The predicted molar refractivity (Wildman–Crippen MR) is 203 cm³/mol. The maximum Gasteiger partial charge on any atom is 0.254 e. The third-order valence-corrected chi connectivity index (χ3v) is 11.9. The summed E-state index contributed by atoms with van der Waals surface area (Å²) in [5, 5.41) is 6.35. The molecule has 0 radical (unpaired) electrons. The summed E-state index contributed by atoms with van der Waals surface area (Å²) in [4.78, 5) is 57.8. The number of ether oxygens (including phenoxy) is 2. The minimum atomic E-state index is -0.548. The van der Waals surface area contributed by atoms with Crippen molar-refractivity contribution in [3.05, 3.63) is 110 Å². The van der Waals surface area contributed by atoms with Crippen LogP contribution in [0.2, 0.25) is 0 Å². The van der Waals surface area contributed by atoms with E-state index in [1.54, 1.807) is 42.5 Å². The van der Waals surface area contributed by atoms with E-state index in [-0.39, 0.29) is 29.1 Å². The minimum absolute atomic E-state index is 0.0104. The van der Waals surface area contributed by atoms with Gasteiger partial charge in [0.1, 0.15) is 5.82 Å². The third-order valence-electron chi connectivity index (χ3n) is 11.9. The van der Waals surface area contributed by atoms with Crippen LogP contribution in [0.1, 0.15) is 122 Å². The van der Waals surface area contributed by atoms with Crippen LogP contribution in [0.25, 0.3) is 0 Å². The molecule has 9 nitrogen and oxygen atoms in total. The number of rotatable bonds is 10. The Bertz CT molecular complexity index is 2010. The molecule has 3 aromatic rings. The number of benzene rings is 3. The standard InChI is InChI=1S/C44H48FN3O6/c45-38-26-37-39-29(11-12-32(43(37)51)44(52)47-14-5-8-27-7-3-4-19-53-20-13-27)33-25-35-34(41(49)30-9-1-2-10-31(30)42(35)50)23-28(33)24-36(39)40(38)46-15-6-16-48-17-21-54-22-18-48/h1-2,9-10,12,23,25-27,29,46H,3-8,11,13-22,24H2,(H,47,52)/t27-,29?/m1/s1. The second-order valence-corrected chi connectivity index (χ2v) is 15.3. The smallest absolute Gasteiger partial charge is 0.254 e. The number of anilines is 1. The van der Waals surface area contributed by atoms with Gasteiger partial charge < -0.3 is 20.1 Å². The minimum Gasteiger partial charge on any atom is -0.382 e. The molecule has 2 heterocycles. The number of allylic oxidation sites excluding steroid dienone is 1. The van der Waals surface area contributed by atoms with Crippen LogP contribution < -0.4 is 10.6 Å². The number of fused-ring (bicyclic) bond motifs is 4. The van der Waals surface area contributed by atoms with Crippen molar-refractivity contribution in [1.29, 1.82) is 0 Å². The quantitative estimate of drug-likeness (QED) is 0.143. The molecule has 3 aromatic carbocycles. The normalized spacial score (nSPS) is 21.1. The maximum absolute atomic E-state index is 16.3. The van der Waals surface area contributed by atoms with Crippen LogP contribution in [0, 0.1) is 11.7 Å². The van der Waals surface area contributed by atoms with E-state index in [1.165, 1.54) is 6.07 Å². The summed E-state index contributed by atoms with van der Waals surface area (Å²) in [5.74, 6) is -1.80. The molecule has 2 saturated heterocycles. The lowest BCUT2D eigenvalue weighted by atomic mass is 9.71. The second-order valence-electron chi connectivity index (χ2n) is 15.3. The summed E-state index contributed by atoms with van der Waals surface area (Å²) in [7, 11) is 0. The van der Waals surface area contributed by atoms with Crippen molar-refractivity contribution in [3.8, 4) is 0 Å². The Morgan fingerprint density at radius 1 is 0.815 bits per heavy atom. The van der Waals surface area contributed by atoms with Crippen LogP contribution in [0.5, 0.6) is 0 Å². The molecule has 2 fully saturated rings. The number of Topliss-reactive ketones (excluding diaryl/α,β-unsaturated/α-hetero) is 1. The highest BCUT2D eigenvalue weighted by molar-refractivity contribution is 6.29. The lowest BCUT2D eigenvalue weighted by Gasteiger charge is -2.32. The lowest BCUT2D eigenvalue weighted by Crippen LogP contribution is -2.37. The molecule has 1 amide bonds. The van der Waals surface area contributed by atoms with Crippen LogP contribution in [-0.2, 0) is 20.7 Å². The maximum atomic E-state index is 16.3. The van der Waals surface area contributed by atoms with Crippen LogP contribution in [-0.4, -0.2) is 87.3 Å². The number of nitrogens with one attached hydrogen (secondary N) is 2. The number of halogens is 1. The van der Waals surface area contributed by atoms with Gasteiger partial charge >= 0.3 is 0 Å². The highest BCUT2D eigenvalue weighted by Crippen LogP contribution is 2.48. The molecule has 2 N–H and O–H groups in total. The fourth-order valence-corrected chi connectivity index (χ4v) is 9.07. The molecule has 2 atom stereocenters. The molecule has 282 valence electrons. The van der Waals surface area contributed by atoms with Crippen molar-refractivity contribution in [2.75, 3.05) is 64.5 Å². The van der Waals surface area contributed by atoms with Gasteiger partial charge in [-0.1, -0.05) is 43.2 Å². The van der Waals surface area contributed by atoms with E-state index in [0.717, 1.165) is 88.9 Å². The molecule has 54 heavy (non-hydrogen) atoms. The molecule has 5 aliphatic rings. The Morgan fingerprint density at radius 3 is 2.37 bits per heavy atom. The van der Waals surface area contributed by atoms with Gasteiger partial charge in [-0.15, -0.1) is 0 Å². The summed E-state index contributed by atoms with van der Waals surface area (Å²) < 4.78 is 27.5. The molecule has 8 rings (SSSR count). The van der Waals surface area contributed by atoms with E-state index in [2.05, 4.69) is 15.5 Å². The summed E-state index contributed by atoms with van der Waals surface area (Å²) in [6.45, 7) is 6.57. The van der Waals surface area contributed by atoms with E-state index in [4.69, 9.17) is 9.47 Å². The number of morpholine rings is 1. The van der Waals surface area contributed by atoms with Gasteiger partial charge in [-0.2, -0.15) is 0 Å². The fourth-order valence-electron chi connectivity index (χ4n) is 9.07. The largest absolute Gasteiger partial charge is 0.382 e. The van der Waals surface area contributed by atoms with E-state index < -0.39 is 23.4 Å². The Kier molecular flexibility index (Phi) is 10.9. The van der Waals surface area contributed by atoms with Crippen LogP contribution in [0.4, 0.5) is 10.1 Å². The Balaban J connectivity index is 1.09. The zero-order chi connectivity index (χ0) is 37.2. The number of ketones is 3. The van der Waals surface area contributed by atoms with Gasteiger partial charge in [0, 0.05) is 79.5 Å². The number of nitrogens with zero attached hydrogens (tertiary/aromatic N) is 1. The Morgan fingerprint density at radius 2 is 1.57 bits per heavy atom. The molecular formula is C44H48FN3O6. The number of hydrogen-bond donors (Lipinski definition) is 2. The molecule has 3 aliphatic carbocycles. The average molecular weight is 734 g/mol. The van der Waals surface area contributed by atoms with Crippen molar-refractivity contribution >= 4 is 28.9 Å². The zero-order valence-electron chi connectivity index (χ0n) is 30.8. The summed E-state index contributed by atoms with van der Waals surface area (Å²) in [6.07, 6.45) is 9.23. The van der Waals surface area contributed by atoms with Crippen molar-refractivity contribution in [3.63, 3.8) is 0 Å². The Hall–Kier alpha value is -4.51. The van der Waals surface area contributed by atoms with Crippen molar-refractivity contribution < 1.29 is 33.0 Å². The summed E-state index contributed by atoms with van der Waals surface area (Å²) >= 11 is 0. The second kappa shape index (κ2) is 16.1. The van der Waals surface area contributed by atoms with Crippen LogP contribution >= 0.6 is 0 Å². The van der Waals surface area contributed by atoms with E-state index in [0.29, 0.717) is 77.7 Å². The lowest BCUT2D eigenvalue weighted by molar-refractivity contribution is -0.117.